The van der Waals surface area contributed by atoms with Gasteiger partial charge in [0, 0.05) is 17.5 Å². The minimum atomic E-state index is -0.451. The molecule has 0 saturated heterocycles. The Balaban J connectivity index is 1.98. The van der Waals surface area contributed by atoms with E-state index in [9.17, 15) is 4.79 Å². The molecule has 0 amide bonds. The lowest BCUT2D eigenvalue weighted by atomic mass is 10.1. The lowest BCUT2D eigenvalue weighted by molar-refractivity contribution is 0.393. The second kappa shape index (κ2) is 5.50. The van der Waals surface area contributed by atoms with Crippen molar-refractivity contribution in [2.24, 2.45) is 4.99 Å². The second-order valence-corrected chi connectivity index (χ2v) is 4.50. The maximum Gasteiger partial charge on any atom is 0.366 e. The summed E-state index contributed by atoms with van der Waals surface area (Å²) in [7, 11) is 0. The van der Waals surface area contributed by atoms with Crippen molar-refractivity contribution in [2.75, 3.05) is 5.73 Å². The van der Waals surface area contributed by atoms with Crippen LogP contribution >= 0.6 is 0 Å². The van der Waals surface area contributed by atoms with Gasteiger partial charge < -0.3 is 10.3 Å². The zero-order chi connectivity index (χ0) is 14.7. The summed E-state index contributed by atoms with van der Waals surface area (Å²) >= 11 is 0. The fourth-order valence-corrected chi connectivity index (χ4v) is 1.95. The molecule has 3 aromatic rings. The van der Waals surface area contributed by atoms with Crippen LogP contribution in [-0.4, -0.2) is 11.4 Å². The second-order valence-electron chi connectivity index (χ2n) is 4.50. The number of rotatable bonds is 3. The summed E-state index contributed by atoms with van der Waals surface area (Å²) in [5.74, 6) is 0. The summed E-state index contributed by atoms with van der Waals surface area (Å²) in [6.45, 7) is 0. The molecule has 1 heterocycles. The molecule has 3 rings (SSSR count). The number of benzene rings is 2. The van der Waals surface area contributed by atoms with Crippen LogP contribution in [0.5, 0.6) is 0 Å². The van der Waals surface area contributed by atoms with Gasteiger partial charge in [0.05, 0.1) is 11.4 Å². The molecule has 1 aromatic heterocycles. The van der Waals surface area contributed by atoms with Gasteiger partial charge in [-0.2, -0.15) is 0 Å². The third-order valence-electron chi connectivity index (χ3n) is 3.03. The van der Waals surface area contributed by atoms with Crippen molar-refractivity contribution in [3.63, 3.8) is 0 Å². The monoisotopic (exact) mass is 279 g/mol. The van der Waals surface area contributed by atoms with E-state index in [1.807, 2.05) is 30.3 Å². The molecule has 0 aliphatic rings. The van der Waals surface area contributed by atoms with Crippen LogP contribution in [-0.2, 0) is 0 Å². The Hall–Kier alpha value is -3.08. The highest BCUT2D eigenvalue weighted by molar-refractivity contribution is 5.89. The maximum absolute atomic E-state index is 11.8. The molecule has 0 aliphatic carbocycles. The van der Waals surface area contributed by atoms with E-state index in [1.54, 1.807) is 24.3 Å². The van der Waals surface area contributed by atoms with Gasteiger partial charge >= 0.3 is 5.63 Å². The SMILES string of the molecule is Nc1ccc(N=Cc2c(-c3ccccc3)[nH]oc2=O)cc1. The van der Waals surface area contributed by atoms with Gasteiger partial charge in [-0.05, 0) is 24.3 Å². The molecule has 0 radical (unpaired) electrons. The first-order chi connectivity index (χ1) is 10.2. The number of nitrogens with two attached hydrogens (primary N) is 1. The van der Waals surface area contributed by atoms with Crippen molar-refractivity contribution >= 4 is 17.6 Å². The van der Waals surface area contributed by atoms with Crippen LogP contribution in [0.25, 0.3) is 11.3 Å². The Kier molecular flexibility index (Phi) is 3.39. The third kappa shape index (κ3) is 2.76. The summed E-state index contributed by atoms with van der Waals surface area (Å²) in [5, 5.41) is 2.64. The van der Waals surface area contributed by atoms with Crippen molar-refractivity contribution in [1.82, 2.24) is 5.16 Å². The summed E-state index contributed by atoms with van der Waals surface area (Å²) in [5.41, 5.74) is 8.41. The number of nitrogen functional groups attached to an aromatic ring is 1. The van der Waals surface area contributed by atoms with E-state index < -0.39 is 5.63 Å². The Morgan fingerprint density at radius 3 is 2.48 bits per heavy atom. The first-order valence-electron chi connectivity index (χ1n) is 6.40. The van der Waals surface area contributed by atoms with E-state index in [-0.39, 0.29) is 0 Å². The van der Waals surface area contributed by atoms with E-state index in [0.29, 0.717) is 22.6 Å². The molecule has 0 spiro atoms. The molecule has 0 unspecified atom stereocenters. The van der Waals surface area contributed by atoms with E-state index in [1.165, 1.54) is 6.21 Å². The van der Waals surface area contributed by atoms with Gasteiger partial charge in [0.25, 0.3) is 0 Å². The molecule has 0 atom stereocenters. The molecule has 5 heteroatoms. The molecule has 2 aromatic carbocycles. The predicted molar refractivity (Wildman–Crippen MR) is 82.9 cm³/mol. The number of hydrogen-bond donors (Lipinski definition) is 2. The van der Waals surface area contributed by atoms with E-state index in [2.05, 4.69) is 10.1 Å². The number of nitrogens with zero attached hydrogens (tertiary/aromatic N) is 1. The first-order valence-corrected chi connectivity index (χ1v) is 6.40. The normalized spacial score (nSPS) is 11.0. The molecule has 0 fully saturated rings. The molecular weight excluding hydrogens is 266 g/mol. The van der Waals surface area contributed by atoms with Gasteiger partial charge in [0.2, 0.25) is 0 Å². The quantitative estimate of drug-likeness (QED) is 0.571. The average molecular weight is 279 g/mol. The van der Waals surface area contributed by atoms with Crippen molar-refractivity contribution in [3.05, 3.63) is 70.6 Å². The summed E-state index contributed by atoms with van der Waals surface area (Å²) < 4.78 is 4.87. The van der Waals surface area contributed by atoms with Crippen molar-refractivity contribution in [3.8, 4) is 11.3 Å². The van der Waals surface area contributed by atoms with E-state index >= 15 is 0 Å². The van der Waals surface area contributed by atoms with Crippen LogP contribution in [0.4, 0.5) is 11.4 Å². The Labute approximate surface area is 120 Å². The lowest BCUT2D eigenvalue weighted by Crippen LogP contribution is -2.01. The number of anilines is 1. The standard InChI is InChI=1S/C16H13N3O2/c17-12-6-8-13(9-7-12)18-10-14-15(19-21-16(14)20)11-4-2-1-3-5-11/h1-10,19H,17H2. The number of aromatic nitrogens is 1. The topological polar surface area (TPSA) is 84.4 Å². The van der Waals surface area contributed by atoms with Gasteiger partial charge in [0.15, 0.2) is 0 Å². The van der Waals surface area contributed by atoms with Gasteiger partial charge in [0.1, 0.15) is 5.56 Å². The minimum Gasteiger partial charge on any atom is -0.399 e. The average Bonchev–Trinajstić information content (AvgIpc) is 2.89. The number of aromatic amines is 1. The number of hydrogen-bond acceptors (Lipinski definition) is 4. The third-order valence-corrected chi connectivity index (χ3v) is 3.03. The van der Waals surface area contributed by atoms with E-state index in [0.717, 1.165) is 5.56 Å². The predicted octanol–water partition coefficient (Wildman–Crippen LogP) is 2.97. The minimum absolute atomic E-state index is 0.387. The van der Waals surface area contributed by atoms with Crippen LogP contribution < -0.4 is 11.4 Å². The molecule has 104 valence electrons. The zero-order valence-electron chi connectivity index (χ0n) is 11.1. The van der Waals surface area contributed by atoms with Crippen molar-refractivity contribution in [2.45, 2.75) is 0 Å². The highest BCUT2D eigenvalue weighted by Gasteiger charge is 2.11. The summed E-state index contributed by atoms with van der Waals surface area (Å²) in [6, 6.07) is 16.5. The fourth-order valence-electron chi connectivity index (χ4n) is 1.95. The number of aliphatic imine (C=N–C) groups is 1. The maximum atomic E-state index is 11.8. The van der Waals surface area contributed by atoms with Gasteiger partial charge in [-0.25, -0.2) is 9.95 Å². The van der Waals surface area contributed by atoms with Crippen LogP contribution in [0.2, 0.25) is 0 Å². The van der Waals surface area contributed by atoms with Crippen LogP contribution in [0.1, 0.15) is 5.56 Å². The highest BCUT2D eigenvalue weighted by atomic mass is 16.5. The smallest absolute Gasteiger partial charge is 0.366 e. The molecular formula is C16H13N3O2. The van der Waals surface area contributed by atoms with Crippen molar-refractivity contribution < 1.29 is 4.52 Å². The molecule has 3 N–H and O–H groups in total. The molecule has 0 bridgehead atoms. The molecule has 0 aliphatic heterocycles. The first kappa shape index (κ1) is 12.9. The Bertz CT molecular complexity index is 815. The Morgan fingerprint density at radius 2 is 1.76 bits per heavy atom. The van der Waals surface area contributed by atoms with Crippen LogP contribution in [0, 0.1) is 0 Å². The molecule has 0 saturated carbocycles. The van der Waals surface area contributed by atoms with Crippen LogP contribution in [0.3, 0.4) is 0 Å². The van der Waals surface area contributed by atoms with E-state index in [4.69, 9.17) is 10.3 Å². The fraction of sp³-hybridized carbons (Fsp3) is 0. The van der Waals surface area contributed by atoms with Gasteiger partial charge in [-0.15, -0.1) is 0 Å². The largest absolute Gasteiger partial charge is 0.399 e. The van der Waals surface area contributed by atoms with Gasteiger partial charge in [-0.1, -0.05) is 30.3 Å². The molecule has 21 heavy (non-hydrogen) atoms. The Morgan fingerprint density at radius 1 is 1.05 bits per heavy atom. The number of H-pyrrole nitrogens is 1. The van der Waals surface area contributed by atoms with Crippen molar-refractivity contribution in [1.29, 1.82) is 0 Å². The molecule has 5 nitrogen and oxygen atoms in total. The summed E-state index contributed by atoms with van der Waals surface area (Å²) in [4.78, 5) is 16.1. The number of nitrogens with one attached hydrogen (secondary N) is 1. The zero-order valence-corrected chi connectivity index (χ0v) is 11.1. The lowest BCUT2D eigenvalue weighted by Gasteiger charge is -1.97. The highest BCUT2D eigenvalue weighted by Crippen LogP contribution is 2.19. The summed E-state index contributed by atoms with van der Waals surface area (Å²) in [6.07, 6.45) is 1.50. The van der Waals surface area contributed by atoms with Crippen LogP contribution in [0.15, 0.2) is 68.9 Å². The van der Waals surface area contributed by atoms with Gasteiger partial charge in [-0.3, -0.25) is 4.99 Å².